The molecule has 25 heavy (non-hydrogen) atoms. The molecule has 0 saturated carbocycles. The van der Waals surface area contributed by atoms with Crippen molar-refractivity contribution < 1.29 is 14.6 Å². The Labute approximate surface area is 156 Å². The predicted molar refractivity (Wildman–Crippen MR) is 106 cm³/mol. The highest BCUT2D eigenvalue weighted by atomic mass is 16.6. The standard InChI is InChI=1S/C21H43NO3/c1-21(2,3)25-20(24)22-18-16-14-12-10-8-6-4-5-7-9-11-13-15-17-19-23/h23H,4-19H2,1-3H3,(H,22,24). The molecule has 0 aromatic rings. The van der Waals surface area contributed by atoms with E-state index in [1.165, 1.54) is 77.0 Å². The Morgan fingerprint density at radius 3 is 1.44 bits per heavy atom. The van der Waals surface area contributed by atoms with Crippen LogP contribution >= 0.6 is 0 Å². The first-order valence-corrected chi connectivity index (χ1v) is 10.5. The molecule has 0 aromatic carbocycles. The summed E-state index contributed by atoms with van der Waals surface area (Å²) in [6.45, 7) is 6.71. The van der Waals surface area contributed by atoms with E-state index in [0.29, 0.717) is 13.2 Å². The van der Waals surface area contributed by atoms with Gasteiger partial charge in [0.15, 0.2) is 0 Å². The summed E-state index contributed by atoms with van der Waals surface area (Å²) >= 11 is 0. The number of aliphatic hydroxyl groups excluding tert-OH is 1. The smallest absolute Gasteiger partial charge is 0.407 e. The molecule has 0 bridgehead atoms. The molecule has 0 radical (unpaired) electrons. The van der Waals surface area contributed by atoms with Gasteiger partial charge in [0, 0.05) is 13.2 Å². The summed E-state index contributed by atoms with van der Waals surface area (Å²) in [6.07, 6.45) is 17.4. The molecule has 0 aliphatic heterocycles. The number of rotatable bonds is 16. The van der Waals surface area contributed by atoms with Crippen molar-refractivity contribution in [1.29, 1.82) is 0 Å². The molecule has 0 heterocycles. The van der Waals surface area contributed by atoms with Crippen LogP contribution in [0, 0.1) is 0 Å². The lowest BCUT2D eigenvalue weighted by molar-refractivity contribution is 0.0527. The predicted octanol–water partition coefficient (Wildman–Crippen LogP) is 5.96. The van der Waals surface area contributed by atoms with E-state index >= 15 is 0 Å². The topological polar surface area (TPSA) is 58.6 Å². The lowest BCUT2D eigenvalue weighted by Crippen LogP contribution is -2.32. The van der Waals surface area contributed by atoms with Gasteiger partial charge in [-0.2, -0.15) is 0 Å². The van der Waals surface area contributed by atoms with Gasteiger partial charge >= 0.3 is 6.09 Å². The van der Waals surface area contributed by atoms with Crippen LogP contribution in [0.1, 0.15) is 111 Å². The largest absolute Gasteiger partial charge is 0.444 e. The van der Waals surface area contributed by atoms with E-state index in [-0.39, 0.29) is 6.09 Å². The van der Waals surface area contributed by atoms with Gasteiger partial charge in [-0.15, -0.1) is 0 Å². The van der Waals surface area contributed by atoms with Crippen LogP contribution in [0.5, 0.6) is 0 Å². The number of ether oxygens (including phenoxy) is 1. The van der Waals surface area contributed by atoms with Crippen molar-refractivity contribution in [2.75, 3.05) is 13.2 Å². The van der Waals surface area contributed by atoms with Crippen LogP contribution in [-0.2, 0) is 4.74 Å². The summed E-state index contributed by atoms with van der Waals surface area (Å²) in [7, 11) is 0. The number of carbonyl (C=O) groups is 1. The van der Waals surface area contributed by atoms with Crippen molar-refractivity contribution >= 4 is 6.09 Å². The van der Waals surface area contributed by atoms with Gasteiger partial charge in [0.1, 0.15) is 5.60 Å². The second-order valence-electron chi connectivity index (χ2n) is 8.10. The van der Waals surface area contributed by atoms with Crippen LogP contribution in [0.4, 0.5) is 4.79 Å². The van der Waals surface area contributed by atoms with Gasteiger partial charge in [-0.1, -0.05) is 77.0 Å². The molecule has 150 valence electrons. The molecular formula is C21H43NO3. The number of unbranched alkanes of at least 4 members (excludes halogenated alkanes) is 13. The van der Waals surface area contributed by atoms with Crippen molar-refractivity contribution in [3.05, 3.63) is 0 Å². The molecule has 2 N–H and O–H groups in total. The highest BCUT2D eigenvalue weighted by molar-refractivity contribution is 5.67. The van der Waals surface area contributed by atoms with E-state index in [9.17, 15) is 4.79 Å². The van der Waals surface area contributed by atoms with Crippen LogP contribution in [0.15, 0.2) is 0 Å². The molecule has 0 unspecified atom stereocenters. The third-order valence-corrected chi connectivity index (χ3v) is 4.25. The van der Waals surface area contributed by atoms with Gasteiger partial charge in [-0.25, -0.2) is 4.79 Å². The zero-order valence-electron chi connectivity index (χ0n) is 17.1. The van der Waals surface area contributed by atoms with Gasteiger partial charge in [0.2, 0.25) is 0 Å². The lowest BCUT2D eigenvalue weighted by atomic mass is 10.0. The maximum absolute atomic E-state index is 11.5. The van der Waals surface area contributed by atoms with Crippen molar-refractivity contribution in [2.24, 2.45) is 0 Å². The molecule has 0 spiro atoms. The molecule has 0 aromatic heterocycles. The Morgan fingerprint density at radius 1 is 0.720 bits per heavy atom. The number of hydrogen-bond donors (Lipinski definition) is 2. The fraction of sp³-hybridized carbons (Fsp3) is 0.952. The van der Waals surface area contributed by atoms with Crippen molar-refractivity contribution in [3.63, 3.8) is 0 Å². The van der Waals surface area contributed by atoms with E-state index in [0.717, 1.165) is 12.8 Å². The van der Waals surface area contributed by atoms with Crippen LogP contribution in [0.2, 0.25) is 0 Å². The second-order valence-corrected chi connectivity index (χ2v) is 8.10. The Bertz CT molecular complexity index is 300. The molecule has 0 rings (SSSR count). The van der Waals surface area contributed by atoms with E-state index in [2.05, 4.69) is 5.32 Å². The molecule has 0 saturated heterocycles. The van der Waals surface area contributed by atoms with E-state index < -0.39 is 5.60 Å². The fourth-order valence-corrected chi connectivity index (χ4v) is 2.86. The summed E-state index contributed by atoms with van der Waals surface area (Å²) in [5.41, 5.74) is -0.413. The molecule has 0 fully saturated rings. The van der Waals surface area contributed by atoms with Crippen molar-refractivity contribution in [3.8, 4) is 0 Å². The molecule has 0 aliphatic rings. The van der Waals surface area contributed by atoms with Crippen LogP contribution in [-0.4, -0.2) is 30.0 Å². The van der Waals surface area contributed by atoms with E-state index in [1.807, 2.05) is 20.8 Å². The monoisotopic (exact) mass is 357 g/mol. The van der Waals surface area contributed by atoms with Crippen molar-refractivity contribution in [1.82, 2.24) is 5.32 Å². The fourth-order valence-electron chi connectivity index (χ4n) is 2.86. The Balaban J connectivity index is 3.13. The second kappa shape index (κ2) is 16.7. The van der Waals surface area contributed by atoms with Crippen LogP contribution < -0.4 is 5.32 Å². The molecule has 0 aliphatic carbocycles. The summed E-state index contributed by atoms with van der Waals surface area (Å²) < 4.78 is 5.20. The third-order valence-electron chi connectivity index (χ3n) is 4.25. The number of amides is 1. The minimum atomic E-state index is -0.413. The summed E-state index contributed by atoms with van der Waals surface area (Å²) in [5, 5.41) is 11.5. The normalized spacial score (nSPS) is 11.5. The zero-order valence-corrected chi connectivity index (χ0v) is 17.1. The summed E-state index contributed by atoms with van der Waals surface area (Å²) in [4.78, 5) is 11.5. The zero-order chi connectivity index (χ0) is 18.8. The average molecular weight is 358 g/mol. The molecule has 0 atom stereocenters. The maximum Gasteiger partial charge on any atom is 0.407 e. The highest BCUT2D eigenvalue weighted by Gasteiger charge is 2.15. The van der Waals surface area contributed by atoms with Gasteiger partial charge in [0.05, 0.1) is 0 Å². The van der Waals surface area contributed by atoms with Gasteiger partial charge < -0.3 is 15.2 Å². The van der Waals surface area contributed by atoms with Crippen LogP contribution in [0.25, 0.3) is 0 Å². The molecular weight excluding hydrogens is 314 g/mol. The summed E-state index contributed by atoms with van der Waals surface area (Å²) in [6, 6.07) is 0. The number of alkyl carbamates (subject to hydrolysis) is 1. The van der Waals surface area contributed by atoms with Gasteiger partial charge in [-0.05, 0) is 33.6 Å². The molecule has 1 amide bonds. The first-order valence-electron chi connectivity index (χ1n) is 10.5. The highest BCUT2D eigenvalue weighted by Crippen LogP contribution is 2.13. The quantitative estimate of drug-likeness (QED) is 0.335. The van der Waals surface area contributed by atoms with E-state index in [1.54, 1.807) is 0 Å². The molecule has 4 nitrogen and oxygen atoms in total. The summed E-state index contributed by atoms with van der Waals surface area (Å²) in [5.74, 6) is 0. The van der Waals surface area contributed by atoms with Crippen LogP contribution in [0.3, 0.4) is 0 Å². The Kier molecular flexibility index (Phi) is 16.2. The number of carbonyl (C=O) groups excluding carboxylic acids is 1. The number of hydrogen-bond acceptors (Lipinski definition) is 3. The first kappa shape index (κ1) is 24.2. The van der Waals surface area contributed by atoms with Gasteiger partial charge in [0.25, 0.3) is 0 Å². The average Bonchev–Trinajstić information content (AvgIpc) is 2.53. The SMILES string of the molecule is CC(C)(C)OC(=O)NCCCCCCCCCCCCCCCCO. The number of nitrogens with one attached hydrogen (secondary N) is 1. The first-order chi connectivity index (χ1) is 12.0. The maximum atomic E-state index is 11.5. The minimum Gasteiger partial charge on any atom is -0.444 e. The molecule has 4 heteroatoms. The Morgan fingerprint density at radius 2 is 1.08 bits per heavy atom. The lowest BCUT2D eigenvalue weighted by Gasteiger charge is -2.19. The Hall–Kier alpha value is -0.770. The number of aliphatic hydroxyl groups is 1. The van der Waals surface area contributed by atoms with E-state index in [4.69, 9.17) is 9.84 Å². The van der Waals surface area contributed by atoms with Crippen molar-refractivity contribution in [2.45, 2.75) is 116 Å². The van der Waals surface area contributed by atoms with Gasteiger partial charge in [-0.3, -0.25) is 0 Å². The minimum absolute atomic E-state index is 0.305. The third kappa shape index (κ3) is 21.2.